The van der Waals surface area contributed by atoms with E-state index in [9.17, 15) is 0 Å². The maximum Gasteiger partial charge on any atom is 0.185 e. The lowest BCUT2D eigenvalue weighted by atomic mass is 10.1. The lowest BCUT2D eigenvalue weighted by Gasteiger charge is -2.12. The lowest BCUT2D eigenvalue weighted by molar-refractivity contribution is -0.0572. The van der Waals surface area contributed by atoms with Crippen LogP contribution in [0.15, 0.2) is 22.7 Å². The van der Waals surface area contributed by atoms with Crippen LogP contribution in [0.1, 0.15) is 17.4 Å². The van der Waals surface area contributed by atoms with Crippen LogP contribution in [-0.2, 0) is 9.47 Å². The van der Waals surface area contributed by atoms with E-state index in [-0.39, 0.29) is 12.4 Å². The van der Waals surface area contributed by atoms with Crippen LogP contribution in [0.2, 0.25) is 0 Å². The van der Waals surface area contributed by atoms with Crippen LogP contribution < -0.4 is 0 Å². The van der Waals surface area contributed by atoms with Crippen LogP contribution in [-0.4, -0.2) is 18.6 Å². The minimum Gasteiger partial charge on any atom is -0.346 e. The van der Waals surface area contributed by atoms with Gasteiger partial charge in [-0.3, -0.25) is 0 Å². The maximum atomic E-state index is 5.71. The third-order valence-electron chi connectivity index (χ3n) is 2.33. The zero-order chi connectivity index (χ0) is 10.8. The van der Waals surface area contributed by atoms with Gasteiger partial charge in [-0.05, 0) is 18.6 Å². The molecule has 0 bridgehead atoms. The minimum absolute atomic E-state index is 0.00451. The van der Waals surface area contributed by atoms with Gasteiger partial charge in [0, 0.05) is 10.0 Å². The van der Waals surface area contributed by atoms with Crippen molar-refractivity contribution in [3.05, 3.63) is 33.8 Å². The number of rotatable bonds is 2. The quantitative estimate of drug-likeness (QED) is 0.778. The summed E-state index contributed by atoms with van der Waals surface area (Å²) in [6.07, 6.45) is -0.284. The van der Waals surface area contributed by atoms with Gasteiger partial charge in [0.25, 0.3) is 0 Å². The van der Waals surface area contributed by atoms with E-state index in [0.717, 1.165) is 10.0 Å². The van der Waals surface area contributed by atoms with Crippen molar-refractivity contribution < 1.29 is 9.47 Å². The first-order valence-corrected chi connectivity index (χ1v) is 6.12. The molecule has 15 heavy (non-hydrogen) atoms. The van der Waals surface area contributed by atoms with Crippen LogP contribution in [0.4, 0.5) is 0 Å². The summed E-state index contributed by atoms with van der Waals surface area (Å²) < 4.78 is 12.2. The number of hydrogen-bond acceptors (Lipinski definition) is 2. The van der Waals surface area contributed by atoms with E-state index in [1.807, 2.05) is 19.1 Å². The van der Waals surface area contributed by atoms with Gasteiger partial charge in [0.2, 0.25) is 0 Å². The highest BCUT2D eigenvalue weighted by molar-refractivity contribution is 9.10. The summed E-state index contributed by atoms with van der Waals surface area (Å²) in [4.78, 5) is 0. The van der Waals surface area contributed by atoms with Crippen LogP contribution in [0.5, 0.6) is 0 Å². The number of halogens is 2. The smallest absolute Gasteiger partial charge is 0.185 e. The lowest BCUT2D eigenvalue weighted by Crippen LogP contribution is -2.10. The Labute approximate surface area is 103 Å². The van der Waals surface area contributed by atoms with Crippen LogP contribution in [0, 0.1) is 6.92 Å². The number of alkyl halides is 1. The average molecular weight is 292 g/mol. The van der Waals surface area contributed by atoms with Crippen LogP contribution in [0.25, 0.3) is 0 Å². The fourth-order valence-electron chi connectivity index (χ4n) is 1.52. The summed E-state index contributed by atoms with van der Waals surface area (Å²) in [6, 6.07) is 6.11. The highest BCUT2D eigenvalue weighted by Gasteiger charge is 2.27. The maximum absolute atomic E-state index is 5.71. The molecular weight excluding hydrogens is 279 g/mol. The van der Waals surface area contributed by atoms with E-state index in [1.54, 1.807) is 0 Å². The van der Waals surface area contributed by atoms with Crippen molar-refractivity contribution in [2.75, 3.05) is 12.5 Å². The molecule has 2 atom stereocenters. The van der Waals surface area contributed by atoms with E-state index in [2.05, 4.69) is 22.0 Å². The molecule has 1 fully saturated rings. The van der Waals surface area contributed by atoms with Gasteiger partial charge in [-0.1, -0.05) is 28.1 Å². The summed E-state index contributed by atoms with van der Waals surface area (Å²) in [7, 11) is 0. The largest absolute Gasteiger partial charge is 0.346 e. The van der Waals surface area contributed by atoms with Gasteiger partial charge in [0.15, 0.2) is 6.29 Å². The van der Waals surface area contributed by atoms with Crippen LogP contribution >= 0.6 is 27.5 Å². The summed E-state index contributed by atoms with van der Waals surface area (Å²) in [6.45, 7) is 2.61. The Balaban J connectivity index is 2.17. The molecule has 2 nitrogen and oxygen atoms in total. The third kappa shape index (κ3) is 2.53. The number of hydrogen-bond donors (Lipinski definition) is 0. The van der Waals surface area contributed by atoms with Gasteiger partial charge in [0.1, 0.15) is 0 Å². The summed E-state index contributed by atoms with van der Waals surface area (Å²) >= 11 is 9.21. The first kappa shape index (κ1) is 11.4. The standard InChI is InChI=1S/C11H12BrClO2/c1-7-2-3-9(10(12)4-7)11-14-6-8(5-13)15-11/h2-4,8,11H,5-6H2,1H3. The molecule has 82 valence electrons. The molecule has 1 aromatic rings. The Morgan fingerprint density at radius 3 is 2.93 bits per heavy atom. The number of aryl methyl sites for hydroxylation is 1. The molecule has 0 spiro atoms. The topological polar surface area (TPSA) is 18.5 Å². The van der Waals surface area contributed by atoms with Gasteiger partial charge < -0.3 is 9.47 Å². The van der Waals surface area contributed by atoms with Crippen molar-refractivity contribution in [2.24, 2.45) is 0 Å². The second-order valence-electron chi connectivity index (χ2n) is 3.60. The Morgan fingerprint density at radius 2 is 2.33 bits per heavy atom. The molecule has 0 saturated carbocycles. The van der Waals surface area contributed by atoms with Gasteiger partial charge in [-0.15, -0.1) is 11.6 Å². The predicted molar refractivity (Wildman–Crippen MR) is 63.2 cm³/mol. The van der Waals surface area contributed by atoms with E-state index in [1.165, 1.54) is 5.56 Å². The van der Waals surface area contributed by atoms with Crippen molar-refractivity contribution in [1.82, 2.24) is 0 Å². The molecule has 2 unspecified atom stereocenters. The normalized spacial score (nSPS) is 25.8. The molecule has 1 aliphatic rings. The molecule has 1 saturated heterocycles. The van der Waals surface area contributed by atoms with E-state index >= 15 is 0 Å². The van der Waals surface area contributed by atoms with Crippen molar-refractivity contribution >= 4 is 27.5 Å². The zero-order valence-corrected chi connectivity index (χ0v) is 10.7. The molecule has 0 N–H and O–H groups in total. The molecule has 0 radical (unpaired) electrons. The molecular formula is C11H12BrClO2. The monoisotopic (exact) mass is 290 g/mol. The SMILES string of the molecule is Cc1ccc(C2OCC(CCl)O2)c(Br)c1. The first-order valence-electron chi connectivity index (χ1n) is 4.80. The predicted octanol–water partition coefficient (Wildman–Crippen LogP) is 3.41. The van der Waals surface area contributed by atoms with E-state index in [0.29, 0.717) is 12.5 Å². The fraction of sp³-hybridized carbons (Fsp3) is 0.455. The van der Waals surface area contributed by atoms with Crippen molar-refractivity contribution in [1.29, 1.82) is 0 Å². The molecule has 1 aromatic carbocycles. The average Bonchev–Trinajstić information content (AvgIpc) is 2.66. The highest BCUT2D eigenvalue weighted by atomic mass is 79.9. The second-order valence-corrected chi connectivity index (χ2v) is 4.77. The molecule has 1 heterocycles. The van der Waals surface area contributed by atoms with Crippen molar-refractivity contribution in [3.8, 4) is 0 Å². The number of ether oxygens (including phenoxy) is 2. The molecule has 4 heteroatoms. The molecule has 0 aromatic heterocycles. The fourth-order valence-corrected chi connectivity index (χ4v) is 2.36. The van der Waals surface area contributed by atoms with Gasteiger partial charge >= 0.3 is 0 Å². The Hall–Kier alpha value is -0.0900. The number of benzene rings is 1. The van der Waals surface area contributed by atoms with Crippen molar-refractivity contribution in [2.45, 2.75) is 19.3 Å². The third-order valence-corrected chi connectivity index (χ3v) is 3.36. The highest BCUT2D eigenvalue weighted by Crippen LogP contribution is 2.32. The van der Waals surface area contributed by atoms with Crippen LogP contribution in [0.3, 0.4) is 0 Å². The van der Waals surface area contributed by atoms with E-state index in [4.69, 9.17) is 21.1 Å². The van der Waals surface area contributed by atoms with Gasteiger partial charge in [-0.25, -0.2) is 0 Å². The Bertz CT molecular complexity index is 356. The minimum atomic E-state index is -0.288. The summed E-state index contributed by atoms with van der Waals surface area (Å²) in [5, 5.41) is 0. The summed E-state index contributed by atoms with van der Waals surface area (Å²) in [5.74, 6) is 0.472. The second kappa shape index (κ2) is 4.83. The zero-order valence-electron chi connectivity index (χ0n) is 8.37. The van der Waals surface area contributed by atoms with Gasteiger partial charge in [-0.2, -0.15) is 0 Å². The molecule has 0 aliphatic carbocycles. The Kier molecular flexibility index (Phi) is 3.67. The van der Waals surface area contributed by atoms with Gasteiger partial charge in [0.05, 0.1) is 18.6 Å². The van der Waals surface area contributed by atoms with E-state index < -0.39 is 0 Å². The first-order chi connectivity index (χ1) is 7.20. The Morgan fingerprint density at radius 1 is 1.53 bits per heavy atom. The molecule has 1 aliphatic heterocycles. The molecule has 2 rings (SSSR count). The van der Waals surface area contributed by atoms with Crippen molar-refractivity contribution in [3.63, 3.8) is 0 Å². The molecule has 0 amide bonds. The summed E-state index contributed by atoms with van der Waals surface area (Å²) in [5.41, 5.74) is 2.23.